The Labute approximate surface area is 260 Å². The molecule has 4 aromatic rings. The Morgan fingerprint density at radius 3 is 2.70 bits per heavy atom. The molecule has 9 nitrogen and oxygen atoms in total. The molecule has 0 radical (unpaired) electrons. The van der Waals surface area contributed by atoms with Gasteiger partial charge in [0.1, 0.15) is 16.7 Å². The zero-order valence-corrected chi connectivity index (χ0v) is 25.5. The fraction of sp³-hybridized carbons (Fsp3) is 0.344. The third kappa shape index (κ3) is 7.48. The van der Waals surface area contributed by atoms with Crippen molar-refractivity contribution in [3.8, 4) is 16.9 Å². The van der Waals surface area contributed by atoms with Gasteiger partial charge in [-0.2, -0.15) is 5.21 Å². The number of thiocarbonyl (C=S) groups is 1. The van der Waals surface area contributed by atoms with E-state index in [0.29, 0.717) is 28.2 Å². The average Bonchev–Trinajstić information content (AvgIpc) is 3.65. The molecule has 2 fully saturated rings. The van der Waals surface area contributed by atoms with E-state index in [4.69, 9.17) is 21.7 Å². The number of ether oxygens (including phenoxy) is 2. The first-order valence-corrected chi connectivity index (χ1v) is 15.9. The summed E-state index contributed by atoms with van der Waals surface area (Å²) < 4.78 is 12.4. The van der Waals surface area contributed by atoms with Crippen molar-refractivity contribution in [3.63, 3.8) is 0 Å². The second-order valence-electron chi connectivity index (χ2n) is 10.6. The van der Waals surface area contributed by atoms with Crippen molar-refractivity contribution in [1.82, 2.24) is 30.4 Å². The van der Waals surface area contributed by atoms with Crippen LogP contribution in [0.2, 0.25) is 0 Å². The first-order valence-electron chi connectivity index (χ1n) is 14.7. The third-order valence-corrected chi connectivity index (χ3v) is 9.05. The fourth-order valence-electron chi connectivity index (χ4n) is 5.32. The lowest BCUT2D eigenvalue weighted by molar-refractivity contribution is -0.122. The number of H-pyrrole nitrogens is 1. The Bertz CT molecular complexity index is 1600. The molecular formula is C32H34N6O3S2. The molecule has 0 bridgehead atoms. The van der Waals surface area contributed by atoms with E-state index in [2.05, 4.69) is 74.1 Å². The number of hydrogen-bond acceptors (Lipinski definition) is 9. The normalized spacial score (nSPS) is 16.9. The largest absolute Gasteiger partial charge is 0.492 e. The number of nitrogens with one attached hydrogen (secondary N) is 1. The van der Waals surface area contributed by atoms with Gasteiger partial charge in [-0.05, 0) is 59.0 Å². The van der Waals surface area contributed by atoms with Crippen molar-refractivity contribution in [2.45, 2.75) is 25.7 Å². The molecule has 43 heavy (non-hydrogen) atoms. The molecule has 0 atom stereocenters. The monoisotopic (exact) mass is 614 g/mol. The van der Waals surface area contributed by atoms with Gasteiger partial charge in [0.25, 0.3) is 5.91 Å². The van der Waals surface area contributed by atoms with Crippen LogP contribution < -0.4 is 4.74 Å². The Morgan fingerprint density at radius 2 is 1.86 bits per heavy atom. The second-order valence-corrected chi connectivity index (χ2v) is 12.3. The van der Waals surface area contributed by atoms with Gasteiger partial charge in [-0.25, -0.2) is 0 Å². The maximum Gasteiger partial charge on any atom is 0.266 e. The van der Waals surface area contributed by atoms with Crippen molar-refractivity contribution >= 4 is 51.1 Å². The maximum atomic E-state index is 13.3. The predicted octanol–water partition coefficient (Wildman–Crippen LogP) is 5.35. The molecule has 0 aliphatic carbocycles. The second kappa shape index (κ2) is 14.2. The molecule has 3 aromatic carbocycles. The smallest absolute Gasteiger partial charge is 0.266 e. The van der Waals surface area contributed by atoms with E-state index in [1.54, 1.807) is 4.90 Å². The van der Waals surface area contributed by atoms with Crippen LogP contribution in [0.1, 0.15) is 30.7 Å². The molecule has 0 saturated carbocycles. The summed E-state index contributed by atoms with van der Waals surface area (Å²) in [5, 5.41) is 16.4. The van der Waals surface area contributed by atoms with Gasteiger partial charge < -0.3 is 9.47 Å². The van der Waals surface area contributed by atoms with Gasteiger partial charge in [0.05, 0.1) is 18.1 Å². The first-order chi connectivity index (χ1) is 21.1. The Morgan fingerprint density at radius 1 is 1.00 bits per heavy atom. The summed E-state index contributed by atoms with van der Waals surface area (Å²) in [5.41, 5.74) is 3.01. The number of benzene rings is 3. The molecule has 1 N–H and O–H groups in total. The number of morpholine rings is 1. The van der Waals surface area contributed by atoms with Crippen LogP contribution in [0.5, 0.6) is 5.75 Å². The first kappa shape index (κ1) is 29.4. The highest BCUT2D eigenvalue weighted by molar-refractivity contribution is 8.26. The van der Waals surface area contributed by atoms with Gasteiger partial charge in [0, 0.05) is 38.2 Å². The van der Waals surface area contributed by atoms with E-state index < -0.39 is 0 Å². The highest BCUT2D eigenvalue weighted by Crippen LogP contribution is 2.36. The van der Waals surface area contributed by atoms with Crippen molar-refractivity contribution < 1.29 is 14.3 Å². The number of nitrogens with zero attached hydrogens (tertiary/aromatic N) is 5. The zero-order valence-electron chi connectivity index (χ0n) is 23.9. The number of aryl methyl sites for hydroxylation is 1. The highest BCUT2D eigenvalue weighted by atomic mass is 32.2. The van der Waals surface area contributed by atoms with Gasteiger partial charge in [-0.1, -0.05) is 78.1 Å². The standard InChI is InChI=1S/C32H34N6O3S2/c39-31-29(43-32(42)38(31)13-5-1-2-8-30-33-35-36-34-30)21-23-9-12-28(41-19-16-37-14-17-40-18-15-37)27(20-23)26-11-10-24-6-3-4-7-25(24)22-26/h3-4,6-7,9-12,20-22H,1-2,5,8,13-19H2,(H,33,34,35,36). The molecule has 11 heteroatoms. The van der Waals surface area contributed by atoms with Crippen molar-refractivity contribution in [3.05, 3.63) is 77.0 Å². The maximum absolute atomic E-state index is 13.3. The lowest BCUT2D eigenvalue weighted by Gasteiger charge is -2.26. The number of aromatic amines is 1. The number of tetrazole rings is 1. The van der Waals surface area contributed by atoms with E-state index in [1.165, 1.54) is 22.5 Å². The minimum Gasteiger partial charge on any atom is -0.492 e. The van der Waals surface area contributed by atoms with Crippen LogP contribution in [-0.2, 0) is 16.0 Å². The molecule has 1 amide bonds. The molecule has 6 rings (SSSR count). The minimum absolute atomic E-state index is 0.0359. The van der Waals surface area contributed by atoms with Gasteiger partial charge in [-0.15, -0.1) is 10.2 Å². The number of thioether (sulfide) groups is 1. The fourth-order valence-corrected chi connectivity index (χ4v) is 6.63. The summed E-state index contributed by atoms with van der Waals surface area (Å²) in [5.74, 6) is 1.51. The lowest BCUT2D eigenvalue weighted by atomic mass is 9.98. The SMILES string of the molecule is O=C1C(=Cc2ccc(OCCN3CCOCC3)c(-c3ccc4ccccc4c3)c2)SC(=S)N1CCCCCc1nn[nH]n1. The average molecular weight is 615 g/mol. The number of carbonyl (C=O) groups excluding carboxylic acids is 1. The highest BCUT2D eigenvalue weighted by Gasteiger charge is 2.31. The number of hydrogen-bond donors (Lipinski definition) is 1. The number of unbranched alkanes of at least 4 members (excludes halogenated alkanes) is 2. The Balaban J connectivity index is 1.17. The zero-order chi connectivity index (χ0) is 29.4. The predicted molar refractivity (Wildman–Crippen MR) is 174 cm³/mol. The van der Waals surface area contributed by atoms with E-state index in [-0.39, 0.29) is 5.91 Å². The Kier molecular flexibility index (Phi) is 9.73. The van der Waals surface area contributed by atoms with Gasteiger partial charge in [0.15, 0.2) is 5.82 Å². The molecule has 222 valence electrons. The number of carbonyl (C=O) groups is 1. The summed E-state index contributed by atoms with van der Waals surface area (Å²) in [6, 6.07) is 21.0. The Hall–Kier alpha value is -3.64. The topological polar surface area (TPSA) is 96.5 Å². The van der Waals surface area contributed by atoms with E-state index in [9.17, 15) is 4.79 Å². The summed E-state index contributed by atoms with van der Waals surface area (Å²) in [7, 11) is 0. The molecular weight excluding hydrogens is 581 g/mol. The molecule has 2 aliphatic rings. The third-order valence-electron chi connectivity index (χ3n) is 7.68. The summed E-state index contributed by atoms with van der Waals surface area (Å²) in [4.78, 5) is 18.0. The van der Waals surface area contributed by atoms with Crippen molar-refractivity contribution in [2.24, 2.45) is 0 Å². The van der Waals surface area contributed by atoms with Crippen LogP contribution in [0.15, 0.2) is 65.6 Å². The van der Waals surface area contributed by atoms with Crippen molar-refractivity contribution in [2.75, 3.05) is 46.0 Å². The molecule has 0 unspecified atom stereocenters. The molecule has 1 aromatic heterocycles. The van der Waals surface area contributed by atoms with Gasteiger partial charge >= 0.3 is 0 Å². The van der Waals surface area contributed by atoms with Gasteiger partial charge in [0.2, 0.25) is 0 Å². The summed E-state index contributed by atoms with van der Waals surface area (Å²) >= 11 is 6.95. The molecule has 3 heterocycles. The number of fused-ring (bicyclic) bond motifs is 1. The molecule has 2 saturated heterocycles. The lowest BCUT2D eigenvalue weighted by Crippen LogP contribution is -2.38. The van der Waals surface area contributed by atoms with Crippen LogP contribution in [0.4, 0.5) is 0 Å². The molecule has 0 spiro atoms. The summed E-state index contributed by atoms with van der Waals surface area (Å²) in [6.07, 6.45) is 5.45. The summed E-state index contributed by atoms with van der Waals surface area (Å²) in [6.45, 7) is 5.44. The van der Waals surface area contributed by atoms with E-state index in [0.717, 1.165) is 81.0 Å². The molecule has 2 aliphatic heterocycles. The van der Waals surface area contributed by atoms with E-state index >= 15 is 0 Å². The van der Waals surface area contributed by atoms with Crippen LogP contribution in [0.25, 0.3) is 28.0 Å². The van der Waals surface area contributed by atoms with Crippen LogP contribution in [0, 0.1) is 0 Å². The van der Waals surface area contributed by atoms with Crippen LogP contribution in [0.3, 0.4) is 0 Å². The van der Waals surface area contributed by atoms with Crippen LogP contribution in [-0.4, -0.2) is 86.7 Å². The number of amides is 1. The number of aromatic nitrogens is 4. The van der Waals surface area contributed by atoms with E-state index in [1.807, 2.05) is 18.2 Å². The van der Waals surface area contributed by atoms with Gasteiger partial charge in [-0.3, -0.25) is 14.6 Å². The minimum atomic E-state index is -0.0359. The number of rotatable bonds is 12. The van der Waals surface area contributed by atoms with Crippen molar-refractivity contribution in [1.29, 1.82) is 0 Å². The quantitative estimate of drug-likeness (QED) is 0.129. The van der Waals surface area contributed by atoms with Crippen LogP contribution >= 0.6 is 24.0 Å².